The summed E-state index contributed by atoms with van der Waals surface area (Å²) in [5.41, 5.74) is 0.404. The molecule has 0 heterocycles. The quantitative estimate of drug-likeness (QED) is 0.675. The van der Waals surface area contributed by atoms with Crippen molar-refractivity contribution < 1.29 is 0 Å². The molecular weight excluding hydrogens is 281 g/mol. The zero-order valence-corrected chi connectivity index (χ0v) is 10.8. The summed E-state index contributed by atoms with van der Waals surface area (Å²) in [4.78, 5) is 0. The largest absolute Gasteiger partial charge is 0.379 e. The third kappa shape index (κ3) is 2.48. The summed E-state index contributed by atoms with van der Waals surface area (Å²) in [5, 5.41) is 20.9. The van der Waals surface area contributed by atoms with E-state index in [0.29, 0.717) is 12.2 Å². The topological polar surface area (TPSA) is 59.6 Å². The van der Waals surface area contributed by atoms with Crippen LogP contribution in [0.1, 0.15) is 11.1 Å². The smallest absolute Gasteiger partial charge is 0.103 e. The average Bonchev–Trinajstić information content (AvgIpc) is 2.32. The van der Waals surface area contributed by atoms with Crippen LogP contribution in [0.25, 0.3) is 0 Å². The second-order valence-corrected chi connectivity index (χ2v) is 4.09. The minimum Gasteiger partial charge on any atom is -0.379 e. The first-order chi connectivity index (χ1) is 8.08. The van der Waals surface area contributed by atoms with Crippen molar-refractivity contribution in [2.75, 3.05) is 11.9 Å². The average molecular weight is 287 g/mol. The zero-order chi connectivity index (χ0) is 13.0. The molecule has 0 saturated heterocycles. The third-order valence-electron chi connectivity index (χ3n) is 1.97. The minimum absolute atomic E-state index is 0.000892. The molecule has 0 spiro atoms. The Kier molecular flexibility index (Phi) is 4.66. The van der Waals surface area contributed by atoms with Gasteiger partial charge in [0.25, 0.3) is 0 Å². The predicted molar refractivity (Wildman–Crippen MR) is 69.6 cm³/mol. The van der Waals surface area contributed by atoms with Gasteiger partial charge in [0, 0.05) is 6.54 Å². The molecule has 0 radical (unpaired) electrons. The van der Waals surface area contributed by atoms with Gasteiger partial charge in [-0.2, -0.15) is 10.5 Å². The first kappa shape index (κ1) is 13.7. The Morgan fingerprint density at radius 2 is 1.65 bits per heavy atom. The molecule has 1 aromatic carbocycles. The van der Waals surface area contributed by atoms with E-state index in [1.807, 2.05) is 12.1 Å². The predicted octanol–water partition coefficient (Wildman–Crippen LogP) is 3.99. The lowest BCUT2D eigenvalue weighted by molar-refractivity contribution is 1.32. The second-order valence-electron chi connectivity index (χ2n) is 2.96. The van der Waals surface area contributed by atoms with E-state index in [9.17, 15) is 0 Å². The highest BCUT2D eigenvalue weighted by Gasteiger charge is 2.20. The van der Waals surface area contributed by atoms with Crippen LogP contribution >= 0.6 is 34.8 Å². The standard InChI is InChI=1S/C11H6Cl3N3/c1-2-3-17-11-7(5-16)8(12)6(4-15)9(13)10(11)14/h2,17H,1,3H2. The van der Waals surface area contributed by atoms with Gasteiger partial charge in [-0.15, -0.1) is 6.58 Å². The number of nitriles is 2. The van der Waals surface area contributed by atoms with Gasteiger partial charge in [-0.25, -0.2) is 0 Å². The molecule has 1 aromatic rings. The number of hydrogen-bond donors (Lipinski definition) is 1. The molecule has 0 atom stereocenters. The Morgan fingerprint density at radius 3 is 2.12 bits per heavy atom. The van der Waals surface area contributed by atoms with Crippen molar-refractivity contribution >= 4 is 40.5 Å². The van der Waals surface area contributed by atoms with E-state index in [4.69, 9.17) is 45.3 Å². The van der Waals surface area contributed by atoms with E-state index in [0.717, 1.165) is 0 Å². The Balaban J connectivity index is 3.56. The molecule has 0 unspecified atom stereocenters. The van der Waals surface area contributed by atoms with Gasteiger partial charge in [0.05, 0.1) is 31.9 Å². The van der Waals surface area contributed by atoms with Gasteiger partial charge >= 0.3 is 0 Å². The molecule has 0 bridgehead atoms. The number of halogens is 3. The van der Waals surface area contributed by atoms with Crippen molar-refractivity contribution in [3.8, 4) is 12.1 Å². The maximum absolute atomic E-state index is 9.02. The lowest BCUT2D eigenvalue weighted by Crippen LogP contribution is -2.03. The van der Waals surface area contributed by atoms with E-state index >= 15 is 0 Å². The summed E-state index contributed by atoms with van der Waals surface area (Å²) in [7, 11) is 0. The Morgan fingerprint density at radius 1 is 1.06 bits per heavy atom. The van der Waals surface area contributed by atoms with E-state index in [2.05, 4.69) is 11.9 Å². The van der Waals surface area contributed by atoms with E-state index in [1.54, 1.807) is 6.08 Å². The van der Waals surface area contributed by atoms with E-state index < -0.39 is 0 Å². The summed E-state index contributed by atoms with van der Waals surface area (Å²) < 4.78 is 0. The molecule has 0 amide bonds. The number of benzene rings is 1. The van der Waals surface area contributed by atoms with Gasteiger partial charge in [0.1, 0.15) is 12.1 Å². The molecule has 1 N–H and O–H groups in total. The van der Waals surface area contributed by atoms with Crippen LogP contribution in [-0.2, 0) is 0 Å². The van der Waals surface area contributed by atoms with Crippen LogP contribution in [-0.4, -0.2) is 6.54 Å². The molecular formula is C11H6Cl3N3. The molecule has 0 aliphatic heterocycles. The van der Waals surface area contributed by atoms with Crippen LogP contribution in [0.3, 0.4) is 0 Å². The number of hydrogen-bond acceptors (Lipinski definition) is 3. The van der Waals surface area contributed by atoms with Gasteiger partial charge < -0.3 is 5.32 Å². The van der Waals surface area contributed by atoms with Crippen LogP contribution in [0.5, 0.6) is 0 Å². The van der Waals surface area contributed by atoms with Crippen molar-refractivity contribution in [2.45, 2.75) is 0 Å². The molecule has 0 fully saturated rings. The van der Waals surface area contributed by atoms with Crippen LogP contribution in [0.2, 0.25) is 15.1 Å². The monoisotopic (exact) mass is 285 g/mol. The van der Waals surface area contributed by atoms with Gasteiger partial charge in [-0.3, -0.25) is 0 Å². The molecule has 6 heteroatoms. The highest BCUT2D eigenvalue weighted by Crippen LogP contribution is 2.40. The molecule has 0 aliphatic rings. The lowest BCUT2D eigenvalue weighted by atomic mass is 10.1. The number of nitrogens with one attached hydrogen (secondary N) is 1. The van der Waals surface area contributed by atoms with Crippen LogP contribution in [0.15, 0.2) is 12.7 Å². The van der Waals surface area contributed by atoms with Crippen LogP contribution in [0, 0.1) is 22.7 Å². The maximum atomic E-state index is 9.02. The first-order valence-electron chi connectivity index (χ1n) is 4.43. The fourth-order valence-electron chi connectivity index (χ4n) is 1.20. The summed E-state index contributed by atoms with van der Waals surface area (Å²) in [5.74, 6) is 0. The third-order valence-corrected chi connectivity index (χ3v) is 3.20. The van der Waals surface area contributed by atoms with Crippen molar-refractivity contribution in [1.82, 2.24) is 0 Å². The zero-order valence-electron chi connectivity index (χ0n) is 8.52. The van der Waals surface area contributed by atoms with Gasteiger partial charge in [-0.05, 0) is 0 Å². The van der Waals surface area contributed by atoms with Crippen molar-refractivity contribution in [2.24, 2.45) is 0 Å². The Bertz CT molecular complexity index is 553. The van der Waals surface area contributed by atoms with Gasteiger partial charge in [-0.1, -0.05) is 40.9 Å². The second kappa shape index (κ2) is 5.80. The number of rotatable bonds is 3. The molecule has 0 saturated carbocycles. The van der Waals surface area contributed by atoms with Gasteiger partial charge in [0.2, 0.25) is 0 Å². The molecule has 86 valence electrons. The minimum atomic E-state index is -0.00374. The van der Waals surface area contributed by atoms with Gasteiger partial charge in [0.15, 0.2) is 0 Å². The molecule has 1 rings (SSSR count). The maximum Gasteiger partial charge on any atom is 0.103 e. The van der Waals surface area contributed by atoms with Crippen molar-refractivity contribution in [3.63, 3.8) is 0 Å². The summed E-state index contributed by atoms with van der Waals surface area (Å²) in [6.45, 7) is 3.93. The summed E-state index contributed by atoms with van der Waals surface area (Å²) in [6.07, 6.45) is 1.59. The van der Waals surface area contributed by atoms with E-state index in [1.165, 1.54) is 0 Å². The first-order valence-corrected chi connectivity index (χ1v) is 5.57. The van der Waals surface area contributed by atoms with Crippen LogP contribution in [0.4, 0.5) is 5.69 Å². The van der Waals surface area contributed by atoms with Crippen molar-refractivity contribution in [1.29, 1.82) is 10.5 Å². The highest BCUT2D eigenvalue weighted by molar-refractivity contribution is 6.46. The number of anilines is 1. The molecule has 17 heavy (non-hydrogen) atoms. The molecule has 3 nitrogen and oxygen atoms in total. The Hall–Kier alpha value is -1.39. The van der Waals surface area contributed by atoms with Crippen LogP contribution < -0.4 is 5.32 Å². The SMILES string of the molecule is C=CCNc1c(Cl)c(Cl)c(C#N)c(Cl)c1C#N. The lowest BCUT2D eigenvalue weighted by Gasteiger charge is -2.12. The fraction of sp³-hybridized carbons (Fsp3) is 0.0909. The number of nitrogens with zero attached hydrogens (tertiary/aromatic N) is 2. The van der Waals surface area contributed by atoms with E-state index in [-0.39, 0.29) is 26.2 Å². The van der Waals surface area contributed by atoms with Crippen molar-refractivity contribution in [3.05, 3.63) is 38.8 Å². The summed E-state index contributed by atoms with van der Waals surface area (Å²) in [6, 6.07) is 3.71. The normalized spacial score (nSPS) is 9.24. The fourth-order valence-corrected chi connectivity index (χ4v) is 2.01. The molecule has 0 aromatic heterocycles. The molecule has 0 aliphatic carbocycles. The highest BCUT2D eigenvalue weighted by atomic mass is 35.5. The summed E-state index contributed by atoms with van der Waals surface area (Å²) >= 11 is 17.8. The Labute approximate surface area is 114 Å².